The number of likely N-dealkylation sites (tertiary alicyclic amines) is 1. The average molecular weight is 317 g/mol. The van der Waals surface area contributed by atoms with Crippen LogP contribution < -0.4 is 0 Å². The van der Waals surface area contributed by atoms with E-state index in [-0.39, 0.29) is 17.9 Å². The van der Waals surface area contributed by atoms with E-state index < -0.39 is 0 Å². The lowest BCUT2D eigenvalue weighted by Crippen LogP contribution is -2.46. The van der Waals surface area contributed by atoms with Crippen molar-refractivity contribution in [3.8, 4) is 0 Å². The Morgan fingerprint density at radius 3 is 2.91 bits per heavy atom. The normalized spacial score (nSPS) is 25.3. The van der Waals surface area contributed by atoms with Crippen LogP contribution in [0.25, 0.3) is 0 Å². The van der Waals surface area contributed by atoms with Crippen LogP contribution in [0.4, 0.5) is 0 Å². The van der Waals surface area contributed by atoms with Gasteiger partial charge in [-0.05, 0) is 45.4 Å². The van der Waals surface area contributed by atoms with Gasteiger partial charge >= 0.3 is 0 Å². The van der Waals surface area contributed by atoms with Crippen molar-refractivity contribution in [1.29, 1.82) is 0 Å². The highest BCUT2D eigenvalue weighted by molar-refractivity contribution is 5.79. The van der Waals surface area contributed by atoms with E-state index in [9.17, 15) is 4.79 Å². The fourth-order valence-corrected chi connectivity index (χ4v) is 3.75. The van der Waals surface area contributed by atoms with Crippen LogP contribution in [0.1, 0.15) is 76.5 Å². The van der Waals surface area contributed by atoms with Gasteiger partial charge in [0.05, 0.1) is 5.92 Å². The zero-order chi connectivity index (χ0) is 16.2. The largest absolute Gasteiger partial charge is 0.425 e. The smallest absolute Gasteiger partial charge is 0.226 e. The van der Waals surface area contributed by atoms with Crippen molar-refractivity contribution >= 4 is 5.91 Å². The Morgan fingerprint density at radius 1 is 1.35 bits per heavy atom. The molecule has 0 spiro atoms. The van der Waals surface area contributed by atoms with Crippen LogP contribution in [-0.2, 0) is 11.2 Å². The molecule has 2 heterocycles. The maximum absolute atomic E-state index is 12.7. The summed E-state index contributed by atoms with van der Waals surface area (Å²) >= 11 is 0. The zero-order valence-corrected chi connectivity index (χ0v) is 14.3. The minimum Gasteiger partial charge on any atom is -0.425 e. The van der Waals surface area contributed by atoms with Gasteiger partial charge in [0.15, 0.2) is 0 Å². The lowest BCUT2D eigenvalue weighted by molar-refractivity contribution is -0.134. The van der Waals surface area contributed by atoms with E-state index in [1.807, 2.05) is 11.8 Å². The summed E-state index contributed by atoms with van der Waals surface area (Å²) in [6, 6.07) is 0.130. The average Bonchev–Trinajstić information content (AvgIpc) is 3.05. The first-order valence-corrected chi connectivity index (χ1v) is 8.98. The predicted octanol–water partition coefficient (Wildman–Crippen LogP) is 3.62. The molecular weight excluding hydrogens is 290 g/mol. The summed E-state index contributed by atoms with van der Waals surface area (Å²) in [4.78, 5) is 14.8. The summed E-state index contributed by atoms with van der Waals surface area (Å²) in [7, 11) is 0. The molecule has 1 aromatic heterocycles. The Labute approximate surface area is 138 Å². The number of piperidine rings is 1. The zero-order valence-electron chi connectivity index (χ0n) is 14.3. The van der Waals surface area contributed by atoms with Crippen LogP contribution >= 0.6 is 0 Å². The number of carbonyl (C=O) groups excluding carboxylic acids is 1. The third-order valence-electron chi connectivity index (χ3n) is 5.17. The molecule has 1 saturated heterocycles. The highest BCUT2D eigenvalue weighted by Gasteiger charge is 2.35. The van der Waals surface area contributed by atoms with Gasteiger partial charge in [0.25, 0.3) is 0 Å². The summed E-state index contributed by atoms with van der Waals surface area (Å²) in [6.07, 6.45) is 10.3. The fraction of sp³-hybridized carbons (Fsp3) is 0.722. The number of carbonyl (C=O) groups is 1. The summed E-state index contributed by atoms with van der Waals surface area (Å²) < 4.78 is 5.75. The number of aryl methyl sites for hydroxylation is 1. The van der Waals surface area contributed by atoms with Gasteiger partial charge in [-0.25, -0.2) is 0 Å². The van der Waals surface area contributed by atoms with Gasteiger partial charge in [0, 0.05) is 25.4 Å². The van der Waals surface area contributed by atoms with Crippen molar-refractivity contribution < 1.29 is 9.21 Å². The standard InChI is InChI=1S/C18H27N3O2/c1-3-16-19-20-18(23-16)15-10-7-11-21(13(15)2)17(22)12-14-8-5-4-6-9-14/h8,13,15H,3-7,9-12H2,1-2H3/t13-,15-/m0/s1. The third kappa shape index (κ3) is 3.65. The van der Waals surface area contributed by atoms with Crippen molar-refractivity contribution in [3.63, 3.8) is 0 Å². The molecule has 2 aliphatic rings. The van der Waals surface area contributed by atoms with Crippen molar-refractivity contribution in [3.05, 3.63) is 23.4 Å². The molecule has 2 atom stereocenters. The lowest BCUT2D eigenvalue weighted by Gasteiger charge is -2.38. The topological polar surface area (TPSA) is 59.2 Å². The molecule has 0 bridgehead atoms. The summed E-state index contributed by atoms with van der Waals surface area (Å²) in [5.41, 5.74) is 1.32. The van der Waals surface area contributed by atoms with Gasteiger partial charge in [-0.3, -0.25) is 4.79 Å². The molecular formula is C18H27N3O2. The second-order valence-electron chi connectivity index (χ2n) is 6.75. The molecule has 5 nitrogen and oxygen atoms in total. The van der Waals surface area contributed by atoms with Crippen molar-refractivity contribution in [1.82, 2.24) is 15.1 Å². The molecule has 1 aromatic rings. The number of amides is 1. The number of hydrogen-bond acceptors (Lipinski definition) is 4. The lowest BCUT2D eigenvalue weighted by atomic mass is 9.89. The van der Waals surface area contributed by atoms with Crippen LogP contribution in [0.3, 0.4) is 0 Å². The van der Waals surface area contributed by atoms with Crippen LogP contribution in [-0.4, -0.2) is 33.6 Å². The van der Waals surface area contributed by atoms with Gasteiger partial charge < -0.3 is 9.32 Å². The van der Waals surface area contributed by atoms with E-state index in [0.717, 1.165) is 38.6 Å². The molecule has 1 aliphatic carbocycles. The fourth-order valence-electron chi connectivity index (χ4n) is 3.75. The second-order valence-corrected chi connectivity index (χ2v) is 6.75. The van der Waals surface area contributed by atoms with Crippen LogP contribution in [0.15, 0.2) is 16.1 Å². The van der Waals surface area contributed by atoms with E-state index in [1.165, 1.54) is 18.4 Å². The predicted molar refractivity (Wildman–Crippen MR) is 88.0 cm³/mol. The first-order chi connectivity index (χ1) is 11.2. The number of nitrogens with zero attached hydrogens (tertiary/aromatic N) is 3. The van der Waals surface area contributed by atoms with Gasteiger partial charge in [-0.1, -0.05) is 18.6 Å². The Bertz CT molecular complexity index is 579. The minimum atomic E-state index is 0.130. The van der Waals surface area contributed by atoms with Crippen LogP contribution in [0, 0.1) is 0 Å². The van der Waals surface area contributed by atoms with E-state index in [4.69, 9.17) is 4.42 Å². The number of rotatable bonds is 4. The highest BCUT2D eigenvalue weighted by atomic mass is 16.4. The number of aromatic nitrogens is 2. The highest BCUT2D eigenvalue weighted by Crippen LogP contribution is 2.33. The molecule has 0 radical (unpaired) electrons. The molecule has 5 heteroatoms. The molecule has 1 amide bonds. The van der Waals surface area contributed by atoms with E-state index in [2.05, 4.69) is 23.2 Å². The van der Waals surface area contributed by atoms with E-state index in [1.54, 1.807) is 0 Å². The molecule has 126 valence electrons. The minimum absolute atomic E-state index is 0.130. The Hall–Kier alpha value is -1.65. The molecule has 1 aliphatic heterocycles. The van der Waals surface area contributed by atoms with Gasteiger partial charge in [0.1, 0.15) is 0 Å². The molecule has 0 unspecified atom stereocenters. The molecule has 0 saturated carbocycles. The molecule has 0 aromatic carbocycles. The molecule has 0 N–H and O–H groups in total. The quantitative estimate of drug-likeness (QED) is 0.796. The summed E-state index contributed by atoms with van der Waals surface area (Å²) in [5.74, 6) is 1.80. The van der Waals surface area contributed by atoms with Gasteiger partial charge in [-0.15, -0.1) is 10.2 Å². The molecule has 23 heavy (non-hydrogen) atoms. The first kappa shape index (κ1) is 16.2. The monoisotopic (exact) mass is 317 g/mol. The Morgan fingerprint density at radius 2 is 2.22 bits per heavy atom. The van der Waals surface area contributed by atoms with Crippen LogP contribution in [0.2, 0.25) is 0 Å². The molecule has 3 rings (SSSR count). The van der Waals surface area contributed by atoms with E-state index >= 15 is 0 Å². The summed E-state index contributed by atoms with van der Waals surface area (Å²) in [6.45, 7) is 4.97. The Balaban J connectivity index is 1.67. The SMILES string of the molecule is CCc1nnc([C@H]2CCCN(C(=O)CC3=CCCCC3)[C@H]2C)o1. The number of hydrogen-bond donors (Lipinski definition) is 0. The molecule has 1 fully saturated rings. The summed E-state index contributed by atoms with van der Waals surface area (Å²) in [5, 5.41) is 8.28. The number of allylic oxidation sites excluding steroid dienone is 1. The maximum Gasteiger partial charge on any atom is 0.226 e. The van der Waals surface area contributed by atoms with Crippen LogP contribution in [0.5, 0.6) is 0 Å². The second kappa shape index (κ2) is 7.28. The van der Waals surface area contributed by atoms with Crippen molar-refractivity contribution in [2.24, 2.45) is 0 Å². The van der Waals surface area contributed by atoms with E-state index in [0.29, 0.717) is 18.2 Å². The van der Waals surface area contributed by atoms with Crippen molar-refractivity contribution in [2.75, 3.05) is 6.54 Å². The first-order valence-electron chi connectivity index (χ1n) is 8.98. The maximum atomic E-state index is 12.7. The van der Waals surface area contributed by atoms with Gasteiger partial charge in [-0.2, -0.15) is 0 Å². The van der Waals surface area contributed by atoms with Gasteiger partial charge in [0.2, 0.25) is 17.7 Å². The van der Waals surface area contributed by atoms with Crippen molar-refractivity contribution in [2.45, 2.75) is 77.2 Å². The Kier molecular flexibility index (Phi) is 5.13. The third-order valence-corrected chi connectivity index (χ3v) is 5.17.